The van der Waals surface area contributed by atoms with Crippen LogP contribution in [0, 0.1) is 30.6 Å². The van der Waals surface area contributed by atoms with Crippen molar-refractivity contribution in [3.8, 4) is 23.7 Å². The second kappa shape index (κ2) is 7.13. The van der Waals surface area contributed by atoms with Crippen LogP contribution in [0.5, 0.6) is 0 Å². The molecule has 0 amide bonds. The molecule has 0 aliphatic rings. The lowest BCUT2D eigenvalue weighted by molar-refractivity contribution is 1.09. The van der Waals surface area contributed by atoms with Gasteiger partial charge in [0.15, 0.2) is 0 Å². The second-order valence-electron chi connectivity index (χ2n) is 5.12. The molecule has 0 fully saturated rings. The molecule has 3 aromatic rings. The van der Waals surface area contributed by atoms with Gasteiger partial charge in [-0.3, -0.25) is 0 Å². The van der Waals surface area contributed by atoms with Gasteiger partial charge in [-0.05, 0) is 37.1 Å². The number of hydrogen-bond donors (Lipinski definition) is 1. The molecule has 0 atom stereocenters. The number of aromatic nitrogens is 2. The van der Waals surface area contributed by atoms with Crippen molar-refractivity contribution >= 4 is 5.95 Å². The molecule has 0 saturated heterocycles. The molecule has 0 aliphatic heterocycles. The van der Waals surface area contributed by atoms with E-state index in [1.165, 1.54) is 0 Å². The number of anilines is 1. The molecule has 3 nitrogen and oxygen atoms in total. The largest absolute Gasteiger partial charge is 0.368 e. The third-order valence-corrected chi connectivity index (χ3v) is 3.31. The Kier molecular flexibility index (Phi) is 4.56. The highest BCUT2D eigenvalue weighted by atomic mass is 15.0. The van der Waals surface area contributed by atoms with Crippen LogP contribution in [-0.4, -0.2) is 9.97 Å². The fourth-order valence-corrected chi connectivity index (χ4v) is 2.14. The quantitative estimate of drug-likeness (QED) is 0.649. The van der Waals surface area contributed by atoms with Gasteiger partial charge in [0, 0.05) is 11.1 Å². The SMILES string of the molecule is Cc1nc(N)nc(C#Cc2ccccc2)c1C#Cc1ccccc1. The number of nitrogens with two attached hydrogens (primary N) is 1. The van der Waals surface area contributed by atoms with Gasteiger partial charge in [0.1, 0.15) is 5.69 Å². The Hall–Kier alpha value is -3.56. The zero-order valence-electron chi connectivity index (χ0n) is 13.2. The first-order valence-corrected chi connectivity index (χ1v) is 7.50. The summed E-state index contributed by atoms with van der Waals surface area (Å²) in [7, 11) is 0. The van der Waals surface area contributed by atoms with Crippen LogP contribution < -0.4 is 5.73 Å². The van der Waals surface area contributed by atoms with Gasteiger partial charge in [-0.15, -0.1) is 0 Å². The monoisotopic (exact) mass is 309 g/mol. The number of rotatable bonds is 0. The first-order chi connectivity index (χ1) is 11.7. The lowest BCUT2D eigenvalue weighted by Crippen LogP contribution is -2.03. The summed E-state index contributed by atoms with van der Waals surface area (Å²) in [5, 5.41) is 0. The van der Waals surface area contributed by atoms with Gasteiger partial charge >= 0.3 is 0 Å². The van der Waals surface area contributed by atoms with Crippen LogP contribution >= 0.6 is 0 Å². The van der Waals surface area contributed by atoms with E-state index >= 15 is 0 Å². The van der Waals surface area contributed by atoms with Crippen LogP contribution in [0.1, 0.15) is 28.1 Å². The highest BCUT2D eigenvalue weighted by molar-refractivity contribution is 5.54. The van der Waals surface area contributed by atoms with Crippen LogP contribution in [0.25, 0.3) is 0 Å². The highest BCUT2D eigenvalue weighted by Gasteiger charge is 2.06. The number of hydrogen-bond acceptors (Lipinski definition) is 3. The molecule has 2 N–H and O–H groups in total. The molecule has 0 radical (unpaired) electrons. The molecule has 0 spiro atoms. The molecule has 0 unspecified atom stereocenters. The Balaban J connectivity index is 2.04. The Labute approximate surface area is 141 Å². The fraction of sp³-hybridized carbons (Fsp3) is 0.0476. The van der Waals surface area contributed by atoms with E-state index in [9.17, 15) is 0 Å². The van der Waals surface area contributed by atoms with Gasteiger partial charge < -0.3 is 5.73 Å². The van der Waals surface area contributed by atoms with E-state index in [0.29, 0.717) is 11.3 Å². The number of nitrogen functional groups attached to an aromatic ring is 1. The average Bonchev–Trinajstić information content (AvgIpc) is 2.61. The predicted octanol–water partition coefficient (Wildman–Crippen LogP) is 3.17. The standard InChI is InChI=1S/C21H15N3/c1-16-19(14-12-17-8-4-2-5-9-17)20(24-21(22)23-16)15-13-18-10-6-3-7-11-18/h2-11H,1H3,(H2,22,23,24). The van der Waals surface area contributed by atoms with E-state index in [1.807, 2.05) is 67.6 Å². The zero-order chi connectivity index (χ0) is 16.8. The summed E-state index contributed by atoms with van der Waals surface area (Å²) in [6, 6.07) is 19.5. The Morgan fingerprint density at radius 1 is 0.708 bits per heavy atom. The third-order valence-electron chi connectivity index (χ3n) is 3.31. The zero-order valence-corrected chi connectivity index (χ0v) is 13.2. The Morgan fingerprint density at radius 2 is 1.25 bits per heavy atom. The smallest absolute Gasteiger partial charge is 0.221 e. The van der Waals surface area contributed by atoms with E-state index in [-0.39, 0.29) is 5.95 Å². The molecule has 0 bridgehead atoms. The Bertz CT molecular complexity index is 970. The topological polar surface area (TPSA) is 51.8 Å². The fourth-order valence-electron chi connectivity index (χ4n) is 2.14. The molecule has 1 aromatic heterocycles. The maximum Gasteiger partial charge on any atom is 0.221 e. The van der Waals surface area contributed by atoms with Crippen LogP contribution in [0.2, 0.25) is 0 Å². The first kappa shape index (κ1) is 15.3. The first-order valence-electron chi connectivity index (χ1n) is 7.50. The van der Waals surface area contributed by atoms with Crippen LogP contribution in [0.4, 0.5) is 5.95 Å². The van der Waals surface area contributed by atoms with Crippen LogP contribution in [0.15, 0.2) is 60.7 Å². The molecule has 1 heterocycles. The van der Waals surface area contributed by atoms with E-state index in [1.54, 1.807) is 0 Å². The van der Waals surface area contributed by atoms with Crippen molar-refractivity contribution in [3.05, 3.63) is 88.7 Å². The normalized spacial score (nSPS) is 9.38. The number of benzene rings is 2. The summed E-state index contributed by atoms with van der Waals surface area (Å²) in [4.78, 5) is 8.45. The Morgan fingerprint density at radius 3 is 1.83 bits per heavy atom. The lowest BCUT2D eigenvalue weighted by atomic mass is 10.1. The molecule has 0 saturated carbocycles. The molecule has 114 valence electrons. The molecular formula is C21H15N3. The van der Waals surface area contributed by atoms with Gasteiger partial charge in [-0.25, -0.2) is 9.97 Å². The maximum atomic E-state index is 5.77. The molecule has 0 aliphatic carbocycles. The van der Waals surface area contributed by atoms with Gasteiger partial charge in [-0.1, -0.05) is 54.2 Å². The minimum absolute atomic E-state index is 0.204. The molecule has 3 rings (SSSR count). The van der Waals surface area contributed by atoms with Crippen molar-refractivity contribution in [1.82, 2.24) is 9.97 Å². The molecule has 3 heteroatoms. The average molecular weight is 309 g/mol. The van der Waals surface area contributed by atoms with Crippen molar-refractivity contribution in [2.75, 3.05) is 5.73 Å². The van der Waals surface area contributed by atoms with Gasteiger partial charge in [0.2, 0.25) is 5.95 Å². The van der Waals surface area contributed by atoms with Crippen LogP contribution in [0.3, 0.4) is 0 Å². The second-order valence-corrected chi connectivity index (χ2v) is 5.12. The summed E-state index contributed by atoms with van der Waals surface area (Å²) in [6.45, 7) is 1.86. The van der Waals surface area contributed by atoms with Gasteiger partial charge in [0.25, 0.3) is 0 Å². The van der Waals surface area contributed by atoms with Crippen molar-refractivity contribution in [2.45, 2.75) is 6.92 Å². The minimum atomic E-state index is 0.204. The third kappa shape index (κ3) is 3.80. The minimum Gasteiger partial charge on any atom is -0.368 e. The molecular weight excluding hydrogens is 294 g/mol. The highest BCUT2D eigenvalue weighted by Crippen LogP contribution is 2.11. The number of nitrogens with zero attached hydrogens (tertiary/aromatic N) is 2. The molecule has 2 aromatic carbocycles. The summed E-state index contributed by atoms with van der Waals surface area (Å²) in [5.74, 6) is 12.6. The predicted molar refractivity (Wildman–Crippen MR) is 96.0 cm³/mol. The summed E-state index contributed by atoms with van der Waals surface area (Å²) in [6.07, 6.45) is 0. The summed E-state index contributed by atoms with van der Waals surface area (Å²) >= 11 is 0. The molecule has 24 heavy (non-hydrogen) atoms. The van der Waals surface area contributed by atoms with E-state index in [0.717, 1.165) is 16.8 Å². The van der Waals surface area contributed by atoms with Crippen molar-refractivity contribution in [1.29, 1.82) is 0 Å². The van der Waals surface area contributed by atoms with Crippen molar-refractivity contribution in [3.63, 3.8) is 0 Å². The summed E-state index contributed by atoms with van der Waals surface area (Å²) in [5.41, 5.74) is 9.58. The van der Waals surface area contributed by atoms with Gasteiger partial charge in [0.05, 0.1) is 11.3 Å². The van der Waals surface area contributed by atoms with Crippen LogP contribution in [-0.2, 0) is 0 Å². The van der Waals surface area contributed by atoms with E-state index < -0.39 is 0 Å². The van der Waals surface area contributed by atoms with Gasteiger partial charge in [-0.2, -0.15) is 0 Å². The van der Waals surface area contributed by atoms with E-state index in [2.05, 4.69) is 33.6 Å². The maximum absolute atomic E-state index is 5.77. The van der Waals surface area contributed by atoms with Crippen molar-refractivity contribution < 1.29 is 0 Å². The van der Waals surface area contributed by atoms with E-state index in [4.69, 9.17) is 5.73 Å². The number of aryl methyl sites for hydroxylation is 1. The summed E-state index contributed by atoms with van der Waals surface area (Å²) < 4.78 is 0. The lowest BCUT2D eigenvalue weighted by Gasteiger charge is -2.02. The van der Waals surface area contributed by atoms with Crippen molar-refractivity contribution in [2.24, 2.45) is 0 Å².